The third-order valence-corrected chi connectivity index (χ3v) is 5.19. The molecule has 33 heavy (non-hydrogen) atoms. The molecule has 0 spiro atoms. The van der Waals surface area contributed by atoms with Gasteiger partial charge in [-0.1, -0.05) is 0 Å². The number of fused-ring (bicyclic) bond motifs is 1. The van der Waals surface area contributed by atoms with Crippen LogP contribution in [0.2, 0.25) is 0 Å². The first kappa shape index (κ1) is 23.4. The molecule has 1 aromatic carbocycles. The molecule has 1 atom stereocenters. The van der Waals surface area contributed by atoms with Crippen LogP contribution in [-0.2, 0) is 25.6 Å². The summed E-state index contributed by atoms with van der Waals surface area (Å²) in [6.45, 7) is 1.83. The van der Waals surface area contributed by atoms with E-state index in [9.17, 15) is 24.8 Å². The number of ether oxygens (including phenoxy) is 3. The van der Waals surface area contributed by atoms with Crippen molar-refractivity contribution in [3.8, 4) is 11.5 Å². The third kappa shape index (κ3) is 4.66. The van der Waals surface area contributed by atoms with Crippen LogP contribution in [0.3, 0.4) is 0 Å². The molecule has 1 aliphatic rings. The summed E-state index contributed by atoms with van der Waals surface area (Å²) in [5.74, 6) is -1.72. The highest BCUT2D eigenvalue weighted by Crippen LogP contribution is 2.38. The zero-order valence-corrected chi connectivity index (χ0v) is 18.4. The van der Waals surface area contributed by atoms with Gasteiger partial charge in [-0.2, -0.15) is 0 Å². The number of nitrogens with zero attached hydrogens (tertiary/aromatic N) is 2. The minimum atomic E-state index is -0.796. The first-order valence-corrected chi connectivity index (χ1v) is 9.70. The fourth-order valence-electron chi connectivity index (χ4n) is 3.47. The number of rotatable bonds is 6. The second-order valence-corrected chi connectivity index (χ2v) is 7.08. The molecule has 1 unspecified atom stereocenters. The fourth-order valence-corrected chi connectivity index (χ4v) is 3.47. The molecule has 1 aliphatic heterocycles. The van der Waals surface area contributed by atoms with Gasteiger partial charge < -0.3 is 28.6 Å². The Hall–Kier alpha value is -4.28. The van der Waals surface area contributed by atoms with Crippen LogP contribution in [-0.4, -0.2) is 48.2 Å². The van der Waals surface area contributed by atoms with Crippen molar-refractivity contribution in [3.63, 3.8) is 0 Å². The van der Waals surface area contributed by atoms with Gasteiger partial charge in [0, 0.05) is 6.20 Å². The average Bonchev–Trinajstić information content (AvgIpc) is 3.27. The summed E-state index contributed by atoms with van der Waals surface area (Å²) in [4.78, 5) is 37.2. The van der Waals surface area contributed by atoms with Gasteiger partial charge in [-0.25, -0.2) is 9.59 Å². The molecule has 3 rings (SSSR count). The molecule has 11 nitrogen and oxygen atoms in total. The molecule has 0 bridgehead atoms. The Morgan fingerprint density at radius 2 is 1.82 bits per heavy atom. The number of esters is 2. The number of aromatic hydroxyl groups is 1. The van der Waals surface area contributed by atoms with Crippen molar-refractivity contribution in [1.82, 2.24) is 4.90 Å². The number of nitro groups is 1. The number of phenols is 1. The molecule has 1 N–H and O–H groups in total. The third-order valence-electron chi connectivity index (χ3n) is 5.19. The zero-order valence-electron chi connectivity index (χ0n) is 18.4. The molecule has 0 radical (unpaired) electrons. The van der Waals surface area contributed by atoms with Gasteiger partial charge in [0.2, 0.25) is 0 Å². The second-order valence-electron chi connectivity index (χ2n) is 7.08. The quantitative estimate of drug-likeness (QED) is 0.390. The molecule has 0 amide bonds. The lowest BCUT2D eigenvalue weighted by Gasteiger charge is -2.31. The maximum absolute atomic E-state index is 12.6. The zero-order chi connectivity index (χ0) is 24.3. The number of hydrogen-bond acceptors (Lipinski definition) is 10. The van der Waals surface area contributed by atoms with Gasteiger partial charge in [0.05, 0.1) is 51.1 Å². The first-order chi connectivity index (χ1) is 15.7. The lowest BCUT2D eigenvalue weighted by atomic mass is 9.93. The van der Waals surface area contributed by atoms with Crippen LogP contribution in [0.4, 0.5) is 5.88 Å². The topological polar surface area (TPSA) is 142 Å². The van der Waals surface area contributed by atoms with E-state index >= 15 is 0 Å². The molecular formula is C22H22N2O9. The van der Waals surface area contributed by atoms with Crippen molar-refractivity contribution in [2.24, 2.45) is 0 Å². The van der Waals surface area contributed by atoms with Crippen LogP contribution in [0.1, 0.15) is 29.9 Å². The number of methoxy groups -OCH3 is 3. The summed E-state index contributed by atoms with van der Waals surface area (Å²) in [5, 5.41) is 21.3. The average molecular weight is 458 g/mol. The predicted octanol–water partition coefficient (Wildman–Crippen LogP) is 3.09. The molecule has 2 aromatic rings. The van der Waals surface area contributed by atoms with Gasteiger partial charge in [-0.05, 0) is 42.3 Å². The van der Waals surface area contributed by atoms with Crippen LogP contribution < -0.4 is 4.74 Å². The van der Waals surface area contributed by atoms with E-state index in [1.54, 1.807) is 11.0 Å². The van der Waals surface area contributed by atoms with E-state index in [0.29, 0.717) is 11.1 Å². The molecule has 0 saturated heterocycles. The maximum Gasteiger partial charge on any atom is 0.433 e. The lowest BCUT2D eigenvalue weighted by Crippen LogP contribution is -2.26. The molecule has 174 valence electrons. The number of carbonyl (C=O) groups excluding carboxylic acids is 2. The Labute approximate surface area is 188 Å². The summed E-state index contributed by atoms with van der Waals surface area (Å²) < 4.78 is 20.2. The number of benzene rings is 1. The Bertz CT molecular complexity index is 1160. The number of furan rings is 1. The van der Waals surface area contributed by atoms with Crippen LogP contribution in [0.25, 0.3) is 6.08 Å². The lowest BCUT2D eigenvalue weighted by molar-refractivity contribution is -0.402. The van der Waals surface area contributed by atoms with E-state index in [1.807, 2.05) is 6.92 Å². The van der Waals surface area contributed by atoms with Crippen LogP contribution in [0, 0.1) is 10.1 Å². The van der Waals surface area contributed by atoms with Crippen molar-refractivity contribution in [3.05, 3.63) is 68.6 Å². The van der Waals surface area contributed by atoms with E-state index < -0.39 is 28.8 Å². The predicted molar refractivity (Wildman–Crippen MR) is 114 cm³/mol. The van der Waals surface area contributed by atoms with Gasteiger partial charge in [0.25, 0.3) is 0 Å². The van der Waals surface area contributed by atoms with E-state index in [0.717, 1.165) is 0 Å². The molecule has 0 saturated carbocycles. The van der Waals surface area contributed by atoms with Gasteiger partial charge in [-0.15, -0.1) is 0 Å². The number of carbonyl (C=O) groups is 2. The highest BCUT2D eigenvalue weighted by atomic mass is 16.6. The summed E-state index contributed by atoms with van der Waals surface area (Å²) in [7, 11) is 3.75. The van der Waals surface area contributed by atoms with E-state index in [1.165, 1.54) is 51.8 Å². The van der Waals surface area contributed by atoms with Gasteiger partial charge in [0.1, 0.15) is 10.7 Å². The van der Waals surface area contributed by atoms with E-state index in [-0.39, 0.29) is 35.0 Å². The highest BCUT2D eigenvalue weighted by Gasteiger charge is 2.30. The largest absolute Gasteiger partial charge is 0.504 e. The highest BCUT2D eigenvalue weighted by molar-refractivity contribution is 6.10. The Morgan fingerprint density at radius 3 is 2.39 bits per heavy atom. The van der Waals surface area contributed by atoms with Crippen LogP contribution in [0.5, 0.6) is 11.5 Å². The standard InChI is InChI=1S/C22H22N2O9/c1-12-15-9-19(30-2)18(25)8-13(15)7-16(21(26)31-3)17(22(27)32-4)11-23(12)10-14-5-6-20(33-14)24(28)29/h5-9,11-12,25H,10H2,1-4H3. The van der Waals surface area contributed by atoms with Crippen molar-refractivity contribution < 1.29 is 38.2 Å². The molecule has 1 aromatic heterocycles. The van der Waals surface area contributed by atoms with Crippen molar-refractivity contribution in [2.45, 2.75) is 19.5 Å². The Kier molecular flexibility index (Phi) is 6.71. The second kappa shape index (κ2) is 9.47. The van der Waals surface area contributed by atoms with E-state index in [4.69, 9.17) is 18.6 Å². The minimum absolute atomic E-state index is 0.0204. The Balaban J connectivity index is 2.23. The SMILES string of the molecule is COC(=O)C1=Cc2cc(O)c(OC)cc2C(C)N(Cc2ccc([N+](=O)[O-])o2)C=C1C(=O)OC. The summed E-state index contributed by atoms with van der Waals surface area (Å²) >= 11 is 0. The van der Waals surface area contributed by atoms with Crippen LogP contribution in [0.15, 0.2) is 46.0 Å². The normalized spacial score (nSPS) is 15.4. The smallest absolute Gasteiger partial charge is 0.433 e. The molecule has 11 heteroatoms. The summed E-state index contributed by atoms with van der Waals surface area (Å²) in [5.41, 5.74) is 0.883. The van der Waals surface area contributed by atoms with E-state index in [2.05, 4.69) is 0 Å². The Morgan fingerprint density at radius 1 is 1.15 bits per heavy atom. The molecule has 0 aliphatic carbocycles. The van der Waals surface area contributed by atoms with Gasteiger partial charge >= 0.3 is 17.8 Å². The van der Waals surface area contributed by atoms with Crippen molar-refractivity contribution in [1.29, 1.82) is 0 Å². The number of phenolic OH excluding ortho intramolecular Hbond substituents is 1. The van der Waals surface area contributed by atoms with Crippen molar-refractivity contribution >= 4 is 23.9 Å². The molecule has 0 fully saturated rings. The molecular weight excluding hydrogens is 436 g/mol. The fraction of sp³-hybridized carbons (Fsp3) is 0.273. The number of hydrogen-bond donors (Lipinski definition) is 1. The van der Waals surface area contributed by atoms with Crippen LogP contribution >= 0.6 is 0 Å². The monoisotopic (exact) mass is 458 g/mol. The van der Waals surface area contributed by atoms with Gasteiger partial charge in [0.15, 0.2) is 11.5 Å². The summed E-state index contributed by atoms with van der Waals surface area (Å²) in [6.07, 6.45) is 2.84. The van der Waals surface area contributed by atoms with Crippen molar-refractivity contribution in [2.75, 3.05) is 21.3 Å². The minimum Gasteiger partial charge on any atom is -0.504 e. The maximum atomic E-state index is 12.6. The molecule has 2 heterocycles. The first-order valence-electron chi connectivity index (χ1n) is 9.70. The van der Waals surface area contributed by atoms with Gasteiger partial charge in [-0.3, -0.25) is 10.1 Å². The summed E-state index contributed by atoms with van der Waals surface area (Å²) in [6, 6.07) is 5.24.